The van der Waals surface area contributed by atoms with E-state index in [1.807, 2.05) is 35.2 Å². The summed E-state index contributed by atoms with van der Waals surface area (Å²) in [7, 11) is 0. The molecule has 2 saturated heterocycles. The molecule has 0 radical (unpaired) electrons. The molecule has 1 unspecified atom stereocenters. The van der Waals surface area contributed by atoms with Crippen LogP contribution in [0.1, 0.15) is 26.2 Å². The second-order valence-electron chi connectivity index (χ2n) is 7.89. The van der Waals surface area contributed by atoms with E-state index in [0.29, 0.717) is 26.1 Å². The summed E-state index contributed by atoms with van der Waals surface area (Å²) >= 11 is 0. The van der Waals surface area contributed by atoms with Gasteiger partial charge in [-0.3, -0.25) is 14.5 Å². The summed E-state index contributed by atoms with van der Waals surface area (Å²) < 4.78 is 11.0. The fourth-order valence-corrected chi connectivity index (χ4v) is 3.90. The standard InChI is InChI=1S/C22H33N3O4/c1-18(17-24-12-15-28-16-13-24)23-22(27)19-7-10-25(11-8-19)21(26)9-14-29-20-5-3-2-4-6-20/h2-6,18-19H,7-17H2,1H3,(H,23,27). The van der Waals surface area contributed by atoms with Gasteiger partial charge in [-0.25, -0.2) is 0 Å². The number of nitrogens with one attached hydrogen (secondary N) is 1. The van der Waals surface area contributed by atoms with E-state index in [1.54, 1.807) is 0 Å². The minimum absolute atomic E-state index is 0.00763. The van der Waals surface area contributed by atoms with Crippen LogP contribution in [0.4, 0.5) is 0 Å². The van der Waals surface area contributed by atoms with Crippen LogP contribution < -0.4 is 10.1 Å². The normalized spacial score (nSPS) is 19.6. The molecule has 1 aromatic rings. The van der Waals surface area contributed by atoms with Gasteiger partial charge in [0, 0.05) is 44.7 Å². The molecule has 0 bridgehead atoms. The Balaban J connectivity index is 1.32. The summed E-state index contributed by atoms with van der Waals surface area (Å²) in [6.45, 7) is 7.95. The molecule has 0 aliphatic carbocycles. The fourth-order valence-electron chi connectivity index (χ4n) is 3.90. The number of piperidine rings is 1. The molecule has 2 fully saturated rings. The van der Waals surface area contributed by atoms with E-state index in [-0.39, 0.29) is 23.8 Å². The maximum absolute atomic E-state index is 12.6. The highest BCUT2D eigenvalue weighted by atomic mass is 16.5. The number of hydrogen-bond donors (Lipinski definition) is 1. The van der Waals surface area contributed by atoms with Gasteiger partial charge in [0.2, 0.25) is 11.8 Å². The Hall–Kier alpha value is -2.12. The van der Waals surface area contributed by atoms with Crippen molar-refractivity contribution in [1.82, 2.24) is 15.1 Å². The van der Waals surface area contributed by atoms with E-state index in [0.717, 1.165) is 51.4 Å². The third-order valence-corrected chi connectivity index (χ3v) is 5.57. The first-order valence-corrected chi connectivity index (χ1v) is 10.7. The lowest BCUT2D eigenvalue weighted by atomic mass is 9.95. The Bertz CT molecular complexity index is 641. The van der Waals surface area contributed by atoms with E-state index >= 15 is 0 Å². The summed E-state index contributed by atoms with van der Waals surface area (Å²) in [5.41, 5.74) is 0. The lowest BCUT2D eigenvalue weighted by Crippen LogP contribution is -2.49. The van der Waals surface area contributed by atoms with E-state index < -0.39 is 0 Å². The zero-order valence-corrected chi connectivity index (χ0v) is 17.3. The molecule has 1 aromatic carbocycles. The minimum Gasteiger partial charge on any atom is -0.493 e. The smallest absolute Gasteiger partial charge is 0.225 e. The summed E-state index contributed by atoms with van der Waals surface area (Å²) in [5.74, 6) is 0.986. The van der Waals surface area contributed by atoms with Gasteiger partial charge in [-0.05, 0) is 31.9 Å². The molecular formula is C22H33N3O4. The van der Waals surface area contributed by atoms with Crippen LogP contribution in [0.25, 0.3) is 0 Å². The van der Waals surface area contributed by atoms with Crippen molar-refractivity contribution in [2.75, 3.05) is 52.5 Å². The maximum atomic E-state index is 12.6. The highest BCUT2D eigenvalue weighted by Crippen LogP contribution is 2.18. The third-order valence-electron chi connectivity index (χ3n) is 5.57. The summed E-state index contributed by atoms with van der Waals surface area (Å²) in [5, 5.41) is 3.15. The Morgan fingerprint density at radius 3 is 2.52 bits per heavy atom. The van der Waals surface area contributed by atoms with Gasteiger partial charge in [-0.1, -0.05) is 18.2 Å². The van der Waals surface area contributed by atoms with Crippen LogP contribution in [0, 0.1) is 5.92 Å². The number of carbonyl (C=O) groups excluding carboxylic acids is 2. The maximum Gasteiger partial charge on any atom is 0.225 e. The number of morpholine rings is 1. The molecule has 3 rings (SSSR count). The van der Waals surface area contributed by atoms with Gasteiger partial charge in [0.15, 0.2) is 0 Å². The van der Waals surface area contributed by atoms with Gasteiger partial charge in [-0.2, -0.15) is 0 Å². The first-order chi connectivity index (χ1) is 14.1. The van der Waals surface area contributed by atoms with Crippen molar-refractivity contribution in [2.24, 2.45) is 5.92 Å². The number of likely N-dealkylation sites (tertiary alicyclic amines) is 1. The molecule has 7 nitrogen and oxygen atoms in total. The number of para-hydroxylation sites is 1. The van der Waals surface area contributed by atoms with Crippen LogP contribution in [-0.2, 0) is 14.3 Å². The second-order valence-corrected chi connectivity index (χ2v) is 7.89. The van der Waals surface area contributed by atoms with Crippen molar-refractivity contribution in [1.29, 1.82) is 0 Å². The number of carbonyl (C=O) groups is 2. The average molecular weight is 404 g/mol. The molecule has 160 valence electrons. The Morgan fingerprint density at radius 2 is 1.83 bits per heavy atom. The second kappa shape index (κ2) is 11.2. The number of benzene rings is 1. The first kappa shape index (κ1) is 21.6. The zero-order chi connectivity index (χ0) is 20.5. The van der Waals surface area contributed by atoms with Crippen LogP contribution in [0.5, 0.6) is 5.75 Å². The Labute approximate surface area is 173 Å². The number of amides is 2. The molecular weight excluding hydrogens is 370 g/mol. The minimum atomic E-state index is -0.00763. The molecule has 1 atom stereocenters. The molecule has 1 N–H and O–H groups in total. The molecule has 2 aliphatic heterocycles. The molecule has 0 spiro atoms. The summed E-state index contributed by atoms with van der Waals surface area (Å²) in [6, 6.07) is 9.64. The topological polar surface area (TPSA) is 71.1 Å². The van der Waals surface area contributed by atoms with Crippen molar-refractivity contribution in [2.45, 2.75) is 32.2 Å². The summed E-state index contributed by atoms with van der Waals surface area (Å²) in [6.07, 6.45) is 1.81. The Morgan fingerprint density at radius 1 is 1.14 bits per heavy atom. The van der Waals surface area contributed by atoms with Gasteiger partial charge in [-0.15, -0.1) is 0 Å². The number of hydrogen-bond acceptors (Lipinski definition) is 5. The monoisotopic (exact) mass is 403 g/mol. The lowest BCUT2D eigenvalue weighted by Gasteiger charge is -2.33. The van der Waals surface area contributed by atoms with Crippen LogP contribution in [-0.4, -0.2) is 80.2 Å². The highest BCUT2D eigenvalue weighted by molar-refractivity contribution is 5.80. The predicted molar refractivity (Wildman–Crippen MR) is 111 cm³/mol. The average Bonchev–Trinajstić information content (AvgIpc) is 2.75. The van der Waals surface area contributed by atoms with Crippen molar-refractivity contribution in [3.63, 3.8) is 0 Å². The van der Waals surface area contributed by atoms with E-state index in [9.17, 15) is 9.59 Å². The molecule has 0 aromatic heterocycles. The quantitative estimate of drug-likeness (QED) is 0.713. The molecule has 2 heterocycles. The van der Waals surface area contributed by atoms with Gasteiger partial charge >= 0.3 is 0 Å². The van der Waals surface area contributed by atoms with E-state index in [2.05, 4.69) is 17.1 Å². The zero-order valence-electron chi connectivity index (χ0n) is 17.3. The van der Waals surface area contributed by atoms with Gasteiger partial charge in [0.05, 0.1) is 26.2 Å². The number of nitrogens with zero attached hydrogens (tertiary/aromatic N) is 2. The SMILES string of the molecule is CC(CN1CCOCC1)NC(=O)C1CCN(C(=O)CCOc2ccccc2)CC1. The van der Waals surface area contributed by atoms with Crippen LogP contribution in [0.3, 0.4) is 0 Å². The molecule has 2 aliphatic rings. The van der Waals surface area contributed by atoms with E-state index in [1.165, 1.54) is 0 Å². The van der Waals surface area contributed by atoms with Gasteiger partial charge < -0.3 is 19.7 Å². The molecule has 0 saturated carbocycles. The van der Waals surface area contributed by atoms with Crippen molar-refractivity contribution in [3.8, 4) is 5.75 Å². The van der Waals surface area contributed by atoms with Crippen LogP contribution in [0.2, 0.25) is 0 Å². The van der Waals surface area contributed by atoms with Crippen molar-refractivity contribution < 1.29 is 19.1 Å². The molecule has 29 heavy (non-hydrogen) atoms. The largest absolute Gasteiger partial charge is 0.493 e. The third kappa shape index (κ3) is 7.01. The molecule has 2 amide bonds. The van der Waals surface area contributed by atoms with Gasteiger partial charge in [0.1, 0.15) is 5.75 Å². The first-order valence-electron chi connectivity index (χ1n) is 10.7. The summed E-state index contributed by atoms with van der Waals surface area (Å²) in [4.78, 5) is 29.2. The number of rotatable bonds is 8. The van der Waals surface area contributed by atoms with E-state index in [4.69, 9.17) is 9.47 Å². The highest BCUT2D eigenvalue weighted by Gasteiger charge is 2.28. The fraction of sp³-hybridized carbons (Fsp3) is 0.636. The molecule has 7 heteroatoms. The predicted octanol–water partition coefficient (Wildman–Crippen LogP) is 1.53. The Kier molecular flexibility index (Phi) is 8.31. The van der Waals surface area contributed by atoms with Crippen LogP contribution >= 0.6 is 0 Å². The van der Waals surface area contributed by atoms with Crippen LogP contribution in [0.15, 0.2) is 30.3 Å². The van der Waals surface area contributed by atoms with Crippen molar-refractivity contribution >= 4 is 11.8 Å². The number of ether oxygens (including phenoxy) is 2. The van der Waals surface area contributed by atoms with Gasteiger partial charge in [0.25, 0.3) is 0 Å². The van der Waals surface area contributed by atoms with Crippen molar-refractivity contribution in [3.05, 3.63) is 30.3 Å². The lowest BCUT2D eigenvalue weighted by molar-refractivity contribution is -0.136.